The van der Waals surface area contributed by atoms with E-state index in [9.17, 15) is 57.6 Å². The van der Waals surface area contributed by atoms with Crippen molar-refractivity contribution in [3.05, 3.63) is 0 Å². The van der Waals surface area contributed by atoms with Crippen LogP contribution in [-0.4, -0.2) is 145 Å². The van der Waals surface area contributed by atoms with Crippen LogP contribution >= 0.6 is 0 Å². The molecule has 0 spiro atoms. The second-order valence-electron chi connectivity index (χ2n) is 30.3. The summed E-state index contributed by atoms with van der Waals surface area (Å²) < 4.78 is 48.7. The number of ether oxygens (including phenoxy) is 3. The molecule has 0 heterocycles. The van der Waals surface area contributed by atoms with Crippen LogP contribution in [0.15, 0.2) is 0 Å². The number of amides is 1. The molecule has 0 aromatic carbocycles. The van der Waals surface area contributed by atoms with Crippen LogP contribution in [0.4, 0.5) is 18.0 Å². The number of alkyl carbamates (subject to hydrolysis) is 1. The first-order chi connectivity index (χ1) is 61.1. The molecular formula is C61H105F3N4O14S46. The van der Waals surface area contributed by atoms with E-state index < -0.39 is 95.1 Å². The van der Waals surface area contributed by atoms with Gasteiger partial charge in [0.25, 0.3) is 0 Å². The Morgan fingerprint density at radius 2 is 0.727 bits per heavy atom. The predicted octanol–water partition coefficient (Wildman–Crippen LogP) is 5.65. The third-order valence-corrected chi connectivity index (χ3v) is 118. The minimum absolute atomic E-state index is 0.0249. The van der Waals surface area contributed by atoms with Gasteiger partial charge in [0.2, 0.25) is 0 Å². The van der Waals surface area contributed by atoms with Crippen LogP contribution in [0, 0.1) is 68.0 Å². The maximum Gasteiger partial charge on any atom is 0.430 e. The maximum atomic E-state index is 13.7. The van der Waals surface area contributed by atoms with Crippen LogP contribution in [0.2, 0.25) is 0 Å². The number of nitrogens with one attached hydrogen (secondary N) is 3. The Balaban J connectivity index is 0.000000480. The van der Waals surface area contributed by atoms with Gasteiger partial charge in [0, 0.05) is 480 Å². The Labute approximate surface area is 885 Å². The zero-order valence-corrected chi connectivity index (χ0v) is 108. The lowest BCUT2D eigenvalue weighted by atomic mass is 9.43. The van der Waals surface area contributed by atoms with E-state index in [1.165, 1.54) is 17.8 Å². The number of ketones is 2. The molecule has 2 unspecified atom stereocenters. The highest BCUT2D eigenvalue weighted by molar-refractivity contribution is 8.82. The Kier molecular flexibility index (Phi) is 74.1. The number of aliphatic hydroxyl groups excluding tert-OH is 4. The molecule has 4 bridgehead atoms. The molecule has 0 aromatic rings. The number of carbonyl (C=O) groups is 6. The highest BCUT2D eigenvalue weighted by atomic mass is 33.5. The van der Waals surface area contributed by atoms with Gasteiger partial charge in [-0.05, 0) is 164 Å². The molecule has 18 nitrogen and oxygen atoms in total. The van der Waals surface area contributed by atoms with E-state index in [0.717, 1.165) is 103 Å². The third kappa shape index (κ3) is 47.7. The Bertz CT molecular complexity index is 5850. The molecule has 0 saturated heterocycles. The molecule has 16 atom stereocenters. The van der Waals surface area contributed by atoms with Gasteiger partial charge in [0.1, 0.15) is 48.6 Å². The summed E-state index contributed by atoms with van der Waals surface area (Å²) in [6, 6.07) is 0. The standard InChI is InChI=1S/C32H56N2O7.C27H48N2O5.C2HF3O2.S46/c1-8-30(6)18-24(40-25(37)20-35)31(7)21(2)12-14-32(15-13-23(36)26(31)32)22(27(30)38)19-33-16-10-9-11-17-34-28(39)41-29(3,4)5;1-5-25(3)15-21(34-22(32)17-30)26(4)18(2)9-11-27(12-10-20(31)23(26)27)19(24(25)33)16-29-14-8-6-7-13-28;3-2(4,5)1(6)7;1-3-5-7-9-11-13-15-17-19-21-23-25-27-29-31-33-35-37-39-41-43-45-46-44-42-40-38-36-34-32-30-28-26-24-22-20-18-16-14-12-10-8-6-4-2/h21-22,24,26-27,33,35,38H,8-20H2,1-7H3,(H,34,39);18-19,21,23-24,29-30,33H,5-17,28H2,1-4H3;(H,6,7);/t21-,22+,24-,26?,27+,30+,31+,32+;18-,19+,21-,23?,24+,25+,26+,27+;;/m11../s1. The van der Waals surface area contributed by atoms with Crippen molar-refractivity contribution in [2.24, 2.45) is 68.0 Å². The summed E-state index contributed by atoms with van der Waals surface area (Å²) in [6.07, 6.45) is 6.82. The summed E-state index contributed by atoms with van der Waals surface area (Å²) >= 11 is 9.62. The fourth-order valence-corrected chi connectivity index (χ4v) is 132. The summed E-state index contributed by atoms with van der Waals surface area (Å²) in [6.45, 7) is 25.7. The first-order valence-corrected chi connectivity index (χ1v) is 98.2. The van der Waals surface area contributed by atoms with Crippen molar-refractivity contribution < 1.29 is 87.4 Å². The van der Waals surface area contributed by atoms with E-state index in [4.69, 9.17) is 46.5 Å². The highest BCUT2D eigenvalue weighted by Gasteiger charge is 2.71. The first kappa shape index (κ1) is 129. The van der Waals surface area contributed by atoms with E-state index in [1.807, 2.05) is 287 Å². The van der Waals surface area contributed by atoms with Crippen LogP contribution < -0.4 is 26.8 Å². The van der Waals surface area contributed by atoms with Crippen molar-refractivity contribution in [2.45, 2.75) is 228 Å². The van der Waals surface area contributed by atoms with Crippen LogP contribution in [0.1, 0.15) is 192 Å². The molecule has 750 valence electrons. The minimum atomic E-state index is -5.19. The summed E-state index contributed by atoms with van der Waals surface area (Å²) in [5, 5.41) is 61.9. The number of halogens is 3. The Hall–Kier alpha value is 6.65. The molecule has 128 heavy (non-hydrogen) atoms. The van der Waals surface area contributed by atoms with Gasteiger partial charge in [-0.1, -0.05) is 61.8 Å². The van der Waals surface area contributed by atoms with Gasteiger partial charge in [0.05, 0.1) is 18.8 Å². The second-order valence-corrected chi connectivity index (χ2v) is 108. The summed E-state index contributed by atoms with van der Waals surface area (Å²) in [5.74, 6) is -4.13. The molecular weight excluding hydrogens is 2540 g/mol. The number of alkyl halides is 3. The molecule has 67 heteroatoms. The molecule has 6 saturated carbocycles. The van der Waals surface area contributed by atoms with Crippen molar-refractivity contribution >= 4 is 449 Å². The third-order valence-electron chi connectivity index (χ3n) is 22.7. The lowest BCUT2D eigenvalue weighted by molar-refractivity contribution is -0.368. The van der Waals surface area contributed by atoms with Gasteiger partial charge >= 0.3 is 24.2 Å². The predicted molar refractivity (Wildman–Crippen MR) is 638 cm³/mol. The monoisotopic (exact) mass is 2650 g/mol. The number of esters is 2. The Morgan fingerprint density at radius 1 is 0.461 bits per heavy atom. The number of carboxylic acids is 1. The number of Topliss-reactive ketones (excluding diaryl/α,β-unsaturated/α-hetero) is 2. The molecule has 0 radical (unpaired) electrons. The number of aliphatic hydroxyl groups is 4. The minimum Gasteiger partial charge on any atom is -0.542 e. The number of quaternary nitrogens is 1. The number of unbranched alkanes of at least 4 members (excludes halogenated alkanes) is 4. The summed E-state index contributed by atoms with van der Waals surface area (Å²) in [7, 11) is 78.4. The number of aliphatic carboxylic acids is 1. The van der Waals surface area contributed by atoms with Crippen LogP contribution in [0.5, 0.6) is 0 Å². The van der Waals surface area contributed by atoms with Gasteiger partial charge in [-0.2, -0.15) is 13.2 Å². The quantitative estimate of drug-likeness (QED) is 0.0391. The van der Waals surface area contributed by atoms with Crippen LogP contribution in [0.25, 0.3) is 0 Å². The van der Waals surface area contributed by atoms with Gasteiger partial charge in [-0.15, -0.1) is 0 Å². The lowest BCUT2D eigenvalue weighted by Crippen LogP contribution is -2.65. The first-order valence-electron chi connectivity index (χ1n) is 38.2. The zero-order chi connectivity index (χ0) is 95.0. The average Bonchev–Trinajstić information content (AvgIpc) is 1.44. The molecule has 0 aliphatic heterocycles. The summed E-state index contributed by atoms with van der Waals surface area (Å²) in [4.78, 5) is 72.6. The van der Waals surface area contributed by atoms with E-state index >= 15 is 0 Å². The van der Waals surface area contributed by atoms with E-state index in [-0.39, 0.29) is 57.9 Å². The number of carboxylic acid groups (broad SMARTS) is 1. The van der Waals surface area contributed by atoms with E-state index in [1.54, 1.807) is 107 Å². The van der Waals surface area contributed by atoms with Crippen LogP contribution in [0.3, 0.4) is 0 Å². The van der Waals surface area contributed by atoms with Gasteiger partial charge in [-0.25, -0.2) is 14.4 Å². The average molecular weight is 2650 g/mol. The van der Waals surface area contributed by atoms with E-state index in [2.05, 4.69) is 77.1 Å². The van der Waals surface area contributed by atoms with Crippen molar-refractivity contribution in [1.29, 1.82) is 0 Å². The van der Waals surface area contributed by atoms with Gasteiger partial charge in [0.15, 0.2) is 0 Å². The molecule has 1 amide bonds. The van der Waals surface area contributed by atoms with E-state index in [0.29, 0.717) is 51.7 Å². The fraction of sp³-hybridized carbons (Fsp3) is 0.902. The number of rotatable bonds is 21. The van der Waals surface area contributed by atoms with Gasteiger partial charge < -0.3 is 66.2 Å². The smallest absolute Gasteiger partial charge is 0.430 e. The van der Waals surface area contributed by atoms with Crippen molar-refractivity contribution in [3.8, 4) is 0 Å². The van der Waals surface area contributed by atoms with Crippen molar-refractivity contribution in [2.75, 3.05) is 52.5 Å². The molecule has 0 aromatic heterocycles. The molecule has 10 N–H and O–H groups in total. The maximum absolute atomic E-state index is 13.7. The lowest BCUT2D eigenvalue weighted by Gasteiger charge is -2.62. The zero-order valence-electron chi connectivity index (χ0n) is 70.2. The highest BCUT2D eigenvalue weighted by Crippen LogP contribution is 2.70. The topological polar surface area (TPSA) is 298 Å². The molecule has 6 fully saturated rings. The Morgan fingerprint density at radius 3 is 0.969 bits per heavy atom. The molecule has 6 rings (SSSR count). The van der Waals surface area contributed by atoms with Gasteiger partial charge in [-0.3, -0.25) is 9.59 Å². The SMILES string of the molecule is CC[C@@]1(C)C[C@@H](OC(=O)CO)[C@@]2(C)C3C(=O)CC[C@@]3(CC[C@H]2C)[C@@H](CNCCCCCNC(=O)OC(C)(C)C)[C@@H]1O.CC[C@@]1(C)C[C@@H](OC(=O)CO)[C@@]2(C)C3C(=O)CC[C@@]3(CC[C@H]2C)[C@@H](CNCCCCC[NH3+])[C@@H]1O.O=C([O-])C(F)(F)F.S=S=S=S=S=S=S=S=S=S=S=S=S=S=S=S=S=S=S=S=S=S=S=S=S=S=S=S=S=S=S=S=S=S=S=S=S=S=S=S=S=S=S=S=S=S. The molecule has 6 aliphatic rings. The number of hydrogen-bond donors (Lipinski definition) is 8. The normalized spacial score (nSPS) is 26.5. The fourth-order valence-electron chi connectivity index (χ4n) is 16.6. The molecule has 6 aliphatic carbocycles. The summed E-state index contributed by atoms with van der Waals surface area (Å²) in [5.41, 5.74) is 0.715. The largest absolute Gasteiger partial charge is 0.542 e. The van der Waals surface area contributed by atoms with Crippen LogP contribution in [-0.2, 0) is 451 Å². The number of hydrogen-bond acceptors (Lipinski definition) is 18. The number of carbonyl (C=O) groups excluding carboxylic acids is 6. The van der Waals surface area contributed by atoms with Crippen molar-refractivity contribution in [1.82, 2.24) is 16.0 Å². The second kappa shape index (κ2) is 73.7. The van der Waals surface area contributed by atoms with Crippen molar-refractivity contribution in [3.63, 3.8) is 0 Å².